The van der Waals surface area contributed by atoms with Crippen molar-refractivity contribution in [1.82, 2.24) is 0 Å². The molecule has 4 fully saturated rings. The molecule has 4 rings (SSSR count). The van der Waals surface area contributed by atoms with Gasteiger partial charge < -0.3 is 24.1 Å². The molecular weight excluding hydrogens is 260 g/mol. The fourth-order valence-corrected chi connectivity index (χ4v) is 4.32. The number of carbonyl (C=O) groups excluding carboxylic acids is 1. The number of aldehydes is 1. The third kappa shape index (κ3) is 1.35. The van der Waals surface area contributed by atoms with Crippen molar-refractivity contribution in [3.05, 3.63) is 0 Å². The van der Waals surface area contributed by atoms with Crippen LogP contribution >= 0.6 is 0 Å². The third-order valence-corrected chi connectivity index (χ3v) is 5.88. The molecule has 4 bridgehead atoms. The van der Waals surface area contributed by atoms with Crippen molar-refractivity contribution >= 4 is 6.29 Å². The molecule has 4 heterocycles. The molecule has 4 aliphatic rings. The second kappa shape index (κ2) is 4.03. The molecule has 114 valence electrons. The van der Waals surface area contributed by atoms with E-state index < -0.39 is 29.2 Å². The van der Waals surface area contributed by atoms with Gasteiger partial charge in [-0.05, 0) is 6.42 Å². The first-order valence-corrected chi connectivity index (χ1v) is 7.53. The summed E-state index contributed by atoms with van der Waals surface area (Å²) in [6, 6.07) is 0. The van der Waals surface area contributed by atoms with Crippen LogP contribution in [-0.4, -0.2) is 34.9 Å². The highest BCUT2D eigenvalue weighted by molar-refractivity contribution is 5.55. The highest BCUT2D eigenvalue weighted by Crippen LogP contribution is 2.63. The molecule has 0 aliphatic carbocycles. The first kappa shape index (κ1) is 14.4. The summed E-state index contributed by atoms with van der Waals surface area (Å²) >= 11 is 0. The topological polar surface area (TPSA) is 65.0 Å². The van der Waals surface area contributed by atoms with Crippen molar-refractivity contribution in [3.8, 4) is 0 Å². The Bertz CT molecular complexity index is 430. The molecule has 4 aliphatic heterocycles. The van der Waals surface area contributed by atoms with Gasteiger partial charge in [0.25, 0.3) is 0 Å². The fraction of sp³-hybridized carbons (Fsp3) is 0.933. The van der Waals surface area contributed by atoms with Gasteiger partial charge in [0.05, 0.1) is 17.9 Å². The van der Waals surface area contributed by atoms with Crippen molar-refractivity contribution in [1.29, 1.82) is 0 Å². The molecule has 8 atom stereocenters. The Morgan fingerprint density at radius 3 is 2.45 bits per heavy atom. The van der Waals surface area contributed by atoms with Gasteiger partial charge in [0.15, 0.2) is 17.4 Å². The highest BCUT2D eigenvalue weighted by atomic mass is 16.9. The number of hydrogen-bond acceptors (Lipinski definition) is 5. The summed E-state index contributed by atoms with van der Waals surface area (Å²) in [6.45, 7) is 9.55. The summed E-state index contributed by atoms with van der Waals surface area (Å²) in [5, 5.41) is 11.1. The maximum absolute atomic E-state index is 11.3. The van der Waals surface area contributed by atoms with Crippen molar-refractivity contribution < 1.29 is 24.1 Å². The lowest BCUT2D eigenvalue weighted by Crippen LogP contribution is -2.83. The van der Waals surface area contributed by atoms with Crippen molar-refractivity contribution in [2.45, 2.75) is 64.5 Å². The minimum absolute atomic E-state index is 0.0160. The molecule has 0 saturated carbocycles. The van der Waals surface area contributed by atoms with Crippen LogP contribution in [0.5, 0.6) is 0 Å². The van der Waals surface area contributed by atoms with Gasteiger partial charge in [-0.1, -0.05) is 34.6 Å². The van der Waals surface area contributed by atoms with E-state index in [1.54, 1.807) is 6.92 Å². The SMILES string of the molecule is CC[C@@]12O[C@]3(O)[C@H](C)[C@@H](O[C@]([C@H](C)C=O)(O1)[C@@H]3C)[C@H]2C. The number of carbonyl (C=O) groups is 1. The minimum atomic E-state index is -1.30. The maximum atomic E-state index is 11.3. The van der Waals surface area contributed by atoms with E-state index in [1.807, 2.05) is 27.7 Å². The Kier molecular flexibility index (Phi) is 2.91. The van der Waals surface area contributed by atoms with Gasteiger partial charge >= 0.3 is 0 Å². The smallest absolute Gasteiger partial charge is 0.188 e. The Hall–Kier alpha value is -0.490. The second-order valence-corrected chi connectivity index (χ2v) is 6.65. The molecule has 1 N–H and O–H groups in total. The van der Waals surface area contributed by atoms with Gasteiger partial charge in [-0.3, -0.25) is 0 Å². The zero-order valence-corrected chi connectivity index (χ0v) is 12.8. The second-order valence-electron chi connectivity index (χ2n) is 6.65. The van der Waals surface area contributed by atoms with Crippen LogP contribution in [0.1, 0.15) is 41.0 Å². The molecule has 0 unspecified atom stereocenters. The molecular formula is C15H24O5. The summed E-state index contributed by atoms with van der Waals surface area (Å²) in [4.78, 5) is 11.3. The normalized spacial score (nSPS) is 58.7. The maximum Gasteiger partial charge on any atom is 0.188 e. The van der Waals surface area contributed by atoms with Crippen LogP contribution in [0.3, 0.4) is 0 Å². The van der Waals surface area contributed by atoms with Gasteiger partial charge in [0.2, 0.25) is 0 Å². The predicted octanol–water partition coefficient (Wildman–Crippen LogP) is 1.68. The van der Waals surface area contributed by atoms with Gasteiger partial charge in [-0.25, -0.2) is 0 Å². The van der Waals surface area contributed by atoms with Crippen LogP contribution in [0.25, 0.3) is 0 Å². The summed E-state index contributed by atoms with van der Waals surface area (Å²) < 4.78 is 18.4. The van der Waals surface area contributed by atoms with Crippen LogP contribution in [-0.2, 0) is 19.0 Å². The first-order valence-electron chi connectivity index (χ1n) is 7.53. The van der Waals surface area contributed by atoms with Crippen molar-refractivity contribution in [2.75, 3.05) is 0 Å². The lowest BCUT2D eigenvalue weighted by Gasteiger charge is -2.71. The van der Waals surface area contributed by atoms with Gasteiger partial charge in [0.1, 0.15) is 6.29 Å². The molecule has 5 heteroatoms. The quantitative estimate of drug-likeness (QED) is 0.799. The molecule has 5 nitrogen and oxygen atoms in total. The molecule has 4 saturated heterocycles. The van der Waals surface area contributed by atoms with Crippen molar-refractivity contribution in [2.24, 2.45) is 23.7 Å². The molecule has 0 amide bonds. The Morgan fingerprint density at radius 2 is 1.90 bits per heavy atom. The largest absolute Gasteiger partial charge is 0.365 e. The lowest BCUT2D eigenvalue weighted by molar-refractivity contribution is -0.589. The molecule has 0 spiro atoms. The molecule has 0 radical (unpaired) electrons. The molecule has 0 aromatic carbocycles. The standard InChI is InChI=1S/C15H24O5/c1-6-13-9(3)12-10(4)14(17,19-13)11(5)15(18-12,20-13)8(2)7-16/h7-12,17H,6H2,1-5H3/t8-,9-,10-,11-,12+,13-,14-,15-/m1/s1. The highest BCUT2D eigenvalue weighted by Gasteiger charge is 2.76. The lowest BCUT2D eigenvalue weighted by atomic mass is 9.65. The summed E-state index contributed by atoms with van der Waals surface area (Å²) in [7, 11) is 0. The minimum Gasteiger partial charge on any atom is -0.365 e. The van der Waals surface area contributed by atoms with E-state index in [-0.39, 0.29) is 17.9 Å². The Morgan fingerprint density at radius 1 is 1.25 bits per heavy atom. The van der Waals surface area contributed by atoms with E-state index in [0.717, 1.165) is 6.29 Å². The van der Waals surface area contributed by atoms with E-state index in [0.29, 0.717) is 6.42 Å². The van der Waals surface area contributed by atoms with E-state index >= 15 is 0 Å². The van der Waals surface area contributed by atoms with Gasteiger partial charge in [-0.2, -0.15) is 0 Å². The van der Waals surface area contributed by atoms with E-state index in [2.05, 4.69) is 0 Å². The third-order valence-electron chi connectivity index (χ3n) is 5.88. The van der Waals surface area contributed by atoms with E-state index in [4.69, 9.17) is 14.2 Å². The van der Waals surface area contributed by atoms with Crippen LogP contribution in [0, 0.1) is 23.7 Å². The monoisotopic (exact) mass is 284 g/mol. The Balaban J connectivity index is 2.15. The van der Waals surface area contributed by atoms with Crippen LogP contribution in [0.4, 0.5) is 0 Å². The molecule has 0 aromatic rings. The van der Waals surface area contributed by atoms with E-state index in [9.17, 15) is 9.90 Å². The first-order chi connectivity index (χ1) is 9.27. The number of hydrogen-bond donors (Lipinski definition) is 1. The predicted molar refractivity (Wildman–Crippen MR) is 70.5 cm³/mol. The van der Waals surface area contributed by atoms with Crippen molar-refractivity contribution in [3.63, 3.8) is 0 Å². The number of aliphatic hydroxyl groups is 1. The fourth-order valence-electron chi connectivity index (χ4n) is 4.32. The summed E-state index contributed by atoms with van der Waals surface area (Å²) in [5.41, 5.74) is 0. The zero-order valence-electron chi connectivity index (χ0n) is 12.8. The average molecular weight is 284 g/mol. The average Bonchev–Trinajstić information content (AvgIpc) is 2.44. The van der Waals surface area contributed by atoms with Gasteiger partial charge in [0, 0.05) is 11.8 Å². The number of ether oxygens (including phenoxy) is 3. The molecule has 20 heavy (non-hydrogen) atoms. The summed E-state index contributed by atoms with van der Waals surface area (Å²) in [5.74, 6) is -4.27. The van der Waals surface area contributed by atoms with Crippen LogP contribution in [0.15, 0.2) is 0 Å². The van der Waals surface area contributed by atoms with Crippen LogP contribution < -0.4 is 0 Å². The Labute approximate surface area is 119 Å². The van der Waals surface area contributed by atoms with Crippen LogP contribution in [0.2, 0.25) is 0 Å². The van der Waals surface area contributed by atoms with E-state index in [1.165, 1.54) is 0 Å². The summed E-state index contributed by atoms with van der Waals surface area (Å²) in [6.07, 6.45) is 1.29. The van der Waals surface area contributed by atoms with Gasteiger partial charge in [-0.15, -0.1) is 0 Å². The molecule has 0 aromatic heterocycles. The zero-order chi connectivity index (χ0) is 14.9. The number of rotatable bonds is 3.